The molecule has 1 spiro atoms. The topological polar surface area (TPSA) is 35.5 Å². The molecule has 0 saturated carbocycles. The maximum atomic E-state index is 4.39. The number of likely N-dealkylation sites (N-methyl/N-ethyl adjacent to an activating group) is 1. The van der Waals surface area contributed by atoms with Gasteiger partial charge in [0.15, 0.2) is 0 Å². The van der Waals surface area contributed by atoms with Gasteiger partial charge < -0.3 is 9.80 Å². The van der Waals surface area contributed by atoms with Crippen LogP contribution in [0.5, 0.6) is 0 Å². The summed E-state index contributed by atoms with van der Waals surface area (Å²) in [5.74, 6) is 0.894. The molecule has 5 nitrogen and oxygen atoms in total. The number of likely N-dealkylation sites (tertiary alicyclic amines) is 1. The van der Waals surface area contributed by atoms with E-state index in [1.165, 1.54) is 38.8 Å². The molecule has 116 valence electrons. The van der Waals surface area contributed by atoms with E-state index in [2.05, 4.69) is 38.8 Å². The molecule has 0 N–H and O–H groups in total. The van der Waals surface area contributed by atoms with Crippen molar-refractivity contribution >= 4 is 5.95 Å². The monoisotopic (exact) mass is 289 g/mol. The highest BCUT2D eigenvalue weighted by Crippen LogP contribution is 2.38. The van der Waals surface area contributed by atoms with Gasteiger partial charge in [0.2, 0.25) is 5.95 Å². The Labute approximate surface area is 128 Å². The van der Waals surface area contributed by atoms with E-state index in [0.717, 1.165) is 25.6 Å². The molecular weight excluding hydrogens is 262 g/mol. The summed E-state index contributed by atoms with van der Waals surface area (Å²) in [4.78, 5) is 16.2. The highest BCUT2D eigenvalue weighted by molar-refractivity contribution is 5.30. The maximum absolute atomic E-state index is 4.39. The number of aromatic nitrogens is 2. The third kappa shape index (κ3) is 3.19. The van der Waals surface area contributed by atoms with Gasteiger partial charge in [-0.3, -0.25) is 4.90 Å². The Balaban J connectivity index is 1.61. The van der Waals surface area contributed by atoms with Crippen LogP contribution in [0.2, 0.25) is 0 Å². The molecule has 21 heavy (non-hydrogen) atoms. The fraction of sp³-hybridized carbons (Fsp3) is 0.750. The van der Waals surface area contributed by atoms with E-state index in [-0.39, 0.29) is 0 Å². The molecule has 0 aromatic carbocycles. The minimum Gasteiger partial charge on any atom is -0.341 e. The van der Waals surface area contributed by atoms with Crippen LogP contribution in [0.1, 0.15) is 25.7 Å². The van der Waals surface area contributed by atoms with Gasteiger partial charge in [0, 0.05) is 44.1 Å². The van der Waals surface area contributed by atoms with Crippen molar-refractivity contribution in [2.75, 3.05) is 51.7 Å². The number of nitrogens with zero attached hydrogens (tertiary/aromatic N) is 5. The van der Waals surface area contributed by atoms with E-state index >= 15 is 0 Å². The van der Waals surface area contributed by atoms with Gasteiger partial charge in [-0.05, 0) is 52.4 Å². The average molecular weight is 289 g/mol. The molecule has 2 aliphatic heterocycles. The van der Waals surface area contributed by atoms with Crippen molar-refractivity contribution in [3.05, 3.63) is 18.5 Å². The Bertz CT molecular complexity index is 439. The number of piperidine rings is 1. The molecule has 1 aromatic heterocycles. The highest BCUT2D eigenvalue weighted by atomic mass is 15.3. The standard InChI is InChI=1S/C16H27N5/c1-19(2)13-14-21-10-3-5-16(21)6-11-20(12-7-16)15-17-8-4-9-18-15/h4,8-9H,3,5-7,10-14H2,1-2H3. The Kier molecular flexibility index (Phi) is 4.40. The molecule has 0 aliphatic carbocycles. The Morgan fingerprint density at radius 1 is 1.10 bits per heavy atom. The summed E-state index contributed by atoms with van der Waals surface area (Å²) < 4.78 is 0. The van der Waals surface area contributed by atoms with Crippen LogP contribution in [-0.4, -0.2) is 72.1 Å². The van der Waals surface area contributed by atoms with E-state index in [9.17, 15) is 0 Å². The molecule has 0 unspecified atom stereocenters. The Morgan fingerprint density at radius 3 is 2.48 bits per heavy atom. The van der Waals surface area contributed by atoms with Gasteiger partial charge in [-0.25, -0.2) is 9.97 Å². The van der Waals surface area contributed by atoms with Gasteiger partial charge in [0.05, 0.1) is 0 Å². The summed E-state index contributed by atoms with van der Waals surface area (Å²) >= 11 is 0. The predicted octanol–water partition coefficient (Wildman–Crippen LogP) is 1.47. The van der Waals surface area contributed by atoms with Crippen molar-refractivity contribution in [3.8, 4) is 0 Å². The SMILES string of the molecule is CN(C)CCN1CCCC12CCN(c1ncccn1)CC2. The Hall–Kier alpha value is -1.20. The number of anilines is 1. The van der Waals surface area contributed by atoms with E-state index in [0.29, 0.717) is 5.54 Å². The minimum absolute atomic E-state index is 0.446. The van der Waals surface area contributed by atoms with Crippen molar-refractivity contribution in [1.29, 1.82) is 0 Å². The molecule has 0 amide bonds. The van der Waals surface area contributed by atoms with Crippen LogP contribution in [0, 0.1) is 0 Å². The molecular formula is C16H27N5. The number of hydrogen-bond donors (Lipinski definition) is 0. The lowest BCUT2D eigenvalue weighted by Gasteiger charge is -2.45. The second kappa shape index (κ2) is 6.28. The molecule has 0 radical (unpaired) electrons. The first-order valence-electron chi connectivity index (χ1n) is 8.11. The smallest absolute Gasteiger partial charge is 0.225 e. The van der Waals surface area contributed by atoms with Crippen LogP contribution in [-0.2, 0) is 0 Å². The summed E-state index contributed by atoms with van der Waals surface area (Å²) in [6.45, 7) is 5.81. The van der Waals surface area contributed by atoms with Crippen molar-refractivity contribution in [3.63, 3.8) is 0 Å². The molecule has 0 atom stereocenters. The van der Waals surface area contributed by atoms with E-state index in [4.69, 9.17) is 0 Å². The molecule has 3 rings (SSSR count). The molecule has 0 bridgehead atoms. The molecule has 3 heterocycles. The fourth-order valence-electron chi connectivity index (χ4n) is 3.81. The zero-order chi connectivity index (χ0) is 14.7. The quantitative estimate of drug-likeness (QED) is 0.839. The molecule has 2 aliphatic rings. The second-order valence-corrected chi connectivity index (χ2v) is 6.65. The largest absolute Gasteiger partial charge is 0.341 e. The summed E-state index contributed by atoms with van der Waals surface area (Å²) in [6, 6.07) is 1.88. The van der Waals surface area contributed by atoms with Crippen molar-refractivity contribution < 1.29 is 0 Å². The molecule has 2 fully saturated rings. The zero-order valence-electron chi connectivity index (χ0n) is 13.3. The van der Waals surface area contributed by atoms with Crippen LogP contribution in [0.25, 0.3) is 0 Å². The lowest BCUT2D eigenvalue weighted by atomic mass is 9.85. The molecule has 2 saturated heterocycles. The van der Waals surface area contributed by atoms with Gasteiger partial charge in [-0.1, -0.05) is 0 Å². The summed E-state index contributed by atoms with van der Waals surface area (Å²) in [5, 5.41) is 0. The average Bonchev–Trinajstić information content (AvgIpc) is 2.89. The van der Waals surface area contributed by atoms with Gasteiger partial charge >= 0.3 is 0 Å². The van der Waals surface area contributed by atoms with Crippen LogP contribution in [0.4, 0.5) is 5.95 Å². The predicted molar refractivity (Wildman–Crippen MR) is 85.6 cm³/mol. The van der Waals surface area contributed by atoms with Crippen molar-refractivity contribution in [2.24, 2.45) is 0 Å². The Morgan fingerprint density at radius 2 is 1.81 bits per heavy atom. The fourth-order valence-corrected chi connectivity index (χ4v) is 3.81. The first-order chi connectivity index (χ1) is 10.2. The van der Waals surface area contributed by atoms with Crippen molar-refractivity contribution in [1.82, 2.24) is 19.8 Å². The molecule has 5 heteroatoms. The summed E-state index contributed by atoms with van der Waals surface area (Å²) in [6.07, 6.45) is 8.90. The summed E-state index contributed by atoms with van der Waals surface area (Å²) in [5.41, 5.74) is 0.446. The lowest BCUT2D eigenvalue weighted by molar-refractivity contribution is 0.0989. The normalized spacial score (nSPS) is 22.3. The van der Waals surface area contributed by atoms with E-state index < -0.39 is 0 Å². The van der Waals surface area contributed by atoms with Gasteiger partial charge in [0.1, 0.15) is 0 Å². The number of rotatable bonds is 4. The van der Waals surface area contributed by atoms with Crippen LogP contribution in [0.3, 0.4) is 0 Å². The summed E-state index contributed by atoms with van der Waals surface area (Å²) in [7, 11) is 4.33. The van der Waals surface area contributed by atoms with Gasteiger partial charge in [-0.15, -0.1) is 0 Å². The minimum atomic E-state index is 0.446. The van der Waals surface area contributed by atoms with Crippen LogP contribution in [0.15, 0.2) is 18.5 Å². The highest BCUT2D eigenvalue weighted by Gasteiger charge is 2.42. The van der Waals surface area contributed by atoms with Crippen LogP contribution >= 0.6 is 0 Å². The second-order valence-electron chi connectivity index (χ2n) is 6.65. The zero-order valence-corrected chi connectivity index (χ0v) is 13.3. The lowest BCUT2D eigenvalue weighted by Crippen LogP contribution is -2.53. The molecule has 1 aromatic rings. The first kappa shape index (κ1) is 14.7. The third-order valence-electron chi connectivity index (χ3n) is 5.09. The van der Waals surface area contributed by atoms with Crippen molar-refractivity contribution in [2.45, 2.75) is 31.2 Å². The van der Waals surface area contributed by atoms with Gasteiger partial charge in [0.25, 0.3) is 0 Å². The first-order valence-corrected chi connectivity index (χ1v) is 8.11. The third-order valence-corrected chi connectivity index (χ3v) is 5.09. The van der Waals surface area contributed by atoms with E-state index in [1.807, 2.05) is 18.5 Å². The van der Waals surface area contributed by atoms with Crippen LogP contribution < -0.4 is 4.90 Å². The van der Waals surface area contributed by atoms with Gasteiger partial charge in [-0.2, -0.15) is 0 Å². The maximum Gasteiger partial charge on any atom is 0.225 e. The van der Waals surface area contributed by atoms with E-state index in [1.54, 1.807) is 0 Å². The number of hydrogen-bond acceptors (Lipinski definition) is 5.